The molecule has 1 aliphatic carbocycles. The molecule has 34 heavy (non-hydrogen) atoms. The van der Waals surface area contributed by atoms with Gasteiger partial charge in [0.1, 0.15) is 5.82 Å². The minimum atomic E-state index is 0.464. The third-order valence-electron chi connectivity index (χ3n) is 7.26. The van der Waals surface area contributed by atoms with Crippen molar-refractivity contribution >= 4 is 17.3 Å². The van der Waals surface area contributed by atoms with Crippen molar-refractivity contribution in [2.45, 2.75) is 39.0 Å². The molecule has 1 saturated heterocycles. The Hall–Kier alpha value is -3.67. The number of piperidine rings is 1. The van der Waals surface area contributed by atoms with E-state index >= 15 is 0 Å². The summed E-state index contributed by atoms with van der Waals surface area (Å²) < 4.78 is 1.90. The van der Waals surface area contributed by atoms with E-state index in [1.807, 2.05) is 24.0 Å². The fourth-order valence-corrected chi connectivity index (χ4v) is 5.52. The summed E-state index contributed by atoms with van der Waals surface area (Å²) in [6.45, 7) is 6.26. The Kier molecular flexibility index (Phi) is 5.09. The second kappa shape index (κ2) is 8.28. The molecule has 1 aromatic carbocycles. The second-order valence-corrected chi connectivity index (χ2v) is 9.56. The molecular formula is C28H30N6. The summed E-state index contributed by atoms with van der Waals surface area (Å²) in [6, 6.07) is 12.6. The average Bonchev–Trinajstić information content (AvgIpc) is 3.55. The van der Waals surface area contributed by atoms with E-state index in [0.29, 0.717) is 5.92 Å². The van der Waals surface area contributed by atoms with Gasteiger partial charge in [-0.15, -0.1) is 0 Å². The second-order valence-electron chi connectivity index (χ2n) is 9.56. The number of hydrogen-bond acceptors (Lipinski definition) is 4. The maximum absolute atomic E-state index is 5.01. The van der Waals surface area contributed by atoms with Crippen LogP contribution >= 0.6 is 0 Å². The molecule has 1 aliphatic heterocycles. The predicted molar refractivity (Wildman–Crippen MR) is 137 cm³/mol. The van der Waals surface area contributed by atoms with Crippen LogP contribution in [0.4, 0.5) is 5.69 Å². The maximum Gasteiger partial charge on any atom is 0.110 e. The van der Waals surface area contributed by atoms with Gasteiger partial charge >= 0.3 is 0 Å². The monoisotopic (exact) mass is 450 g/mol. The van der Waals surface area contributed by atoms with Gasteiger partial charge in [-0.05, 0) is 44.4 Å². The molecule has 0 atom stereocenters. The Bertz CT molecular complexity index is 1370. The molecule has 0 bridgehead atoms. The number of anilines is 1. The lowest BCUT2D eigenvalue weighted by Crippen LogP contribution is -2.33. The number of pyridine rings is 1. The van der Waals surface area contributed by atoms with E-state index in [0.717, 1.165) is 55.3 Å². The number of nitrogens with zero attached hydrogens (tertiary/aromatic N) is 5. The summed E-state index contributed by atoms with van der Waals surface area (Å²) in [6.07, 6.45) is 9.48. The molecule has 0 amide bonds. The number of aryl methyl sites for hydroxylation is 3. The molecule has 4 heterocycles. The van der Waals surface area contributed by atoms with Gasteiger partial charge in [0.2, 0.25) is 0 Å². The lowest BCUT2D eigenvalue weighted by atomic mass is 9.95. The van der Waals surface area contributed by atoms with Crippen LogP contribution in [0.1, 0.15) is 52.8 Å². The first-order chi connectivity index (χ1) is 16.6. The Morgan fingerprint density at radius 1 is 1.03 bits per heavy atom. The maximum atomic E-state index is 5.01. The topological polar surface area (TPSA) is 62.6 Å². The Morgan fingerprint density at radius 2 is 1.82 bits per heavy atom. The van der Waals surface area contributed by atoms with Crippen molar-refractivity contribution in [2.75, 3.05) is 18.0 Å². The molecule has 6 rings (SSSR count). The number of nitrogens with one attached hydrogen (secondary N) is 1. The molecule has 0 saturated carbocycles. The van der Waals surface area contributed by atoms with Gasteiger partial charge in [-0.25, -0.2) is 4.98 Å². The molecule has 172 valence electrons. The molecule has 0 unspecified atom stereocenters. The largest absolute Gasteiger partial charge is 0.371 e. The summed E-state index contributed by atoms with van der Waals surface area (Å²) in [5.41, 5.74) is 10.8. The summed E-state index contributed by atoms with van der Waals surface area (Å²) in [4.78, 5) is 15.8. The molecule has 6 heteroatoms. The molecule has 0 spiro atoms. The van der Waals surface area contributed by atoms with Gasteiger partial charge in [0, 0.05) is 72.9 Å². The van der Waals surface area contributed by atoms with Crippen LogP contribution in [0, 0.1) is 13.8 Å². The first kappa shape index (κ1) is 20.9. The van der Waals surface area contributed by atoms with Gasteiger partial charge in [0.15, 0.2) is 0 Å². The molecule has 1 fully saturated rings. The van der Waals surface area contributed by atoms with Gasteiger partial charge in [-0.2, -0.15) is 5.10 Å². The van der Waals surface area contributed by atoms with E-state index in [2.05, 4.69) is 71.4 Å². The summed E-state index contributed by atoms with van der Waals surface area (Å²) in [5.74, 6) is 1.59. The lowest BCUT2D eigenvalue weighted by molar-refractivity contribution is 0.488. The summed E-state index contributed by atoms with van der Waals surface area (Å²) >= 11 is 0. The van der Waals surface area contributed by atoms with Crippen molar-refractivity contribution in [3.63, 3.8) is 0 Å². The van der Waals surface area contributed by atoms with Crippen LogP contribution in [0.2, 0.25) is 0 Å². The van der Waals surface area contributed by atoms with Crippen LogP contribution < -0.4 is 4.90 Å². The van der Waals surface area contributed by atoms with E-state index in [4.69, 9.17) is 9.97 Å². The van der Waals surface area contributed by atoms with Crippen LogP contribution in [-0.2, 0) is 13.5 Å². The van der Waals surface area contributed by atoms with E-state index in [1.165, 1.54) is 33.6 Å². The number of allylic oxidation sites excluding steroid dienone is 1. The van der Waals surface area contributed by atoms with Crippen LogP contribution in [0.25, 0.3) is 22.9 Å². The molecule has 2 aliphatic rings. The standard InChI is InChI=1S/C28H30N6/c1-18-24(17-33(3)32-18)22-15-23-25(16-22)29-12-9-26(23)34-13-10-21(11-14-34)28-30-19(2)27(31-28)20-7-5-4-6-8-20/h4-9,12,15,17,21H,10-11,13-14,16H2,1-3H3,(H,30,31). The normalized spacial score (nSPS) is 16.1. The zero-order valence-corrected chi connectivity index (χ0v) is 20.0. The lowest BCUT2D eigenvalue weighted by Gasteiger charge is -2.33. The highest BCUT2D eigenvalue weighted by Gasteiger charge is 2.27. The van der Waals surface area contributed by atoms with Gasteiger partial charge in [0.05, 0.1) is 17.1 Å². The van der Waals surface area contributed by atoms with Crippen molar-refractivity contribution in [3.05, 3.63) is 82.8 Å². The Morgan fingerprint density at radius 3 is 2.56 bits per heavy atom. The minimum Gasteiger partial charge on any atom is -0.371 e. The van der Waals surface area contributed by atoms with Crippen LogP contribution in [-0.4, -0.2) is 37.8 Å². The van der Waals surface area contributed by atoms with Crippen molar-refractivity contribution < 1.29 is 0 Å². The highest BCUT2D eigenvalue weighted by molar-refractivity contribution is 5.92. The van der Waals surface area contributed by atoms with Crippen LogP contribution in [0.5, 0.6) is 0 Å². The van der Waals surface area contributed by atoms with E-state index in [9.17, 15) is 0 Å². The smallest absolute Gasteiger partial charge is 0.110 e. The third kappa shape index (κ3) is 3.63. The van der Waals surface area contributed by atoms with Crippen molar-refractivity contribution in [1.82, 2.24) is 24.7 Å². The third-order valence-corrected chi connectivity index (χ3v) is 7.26. The van der Waals surface area contributed by atoms with Crippen molar-refractivity contribution in [1.29, 1.82) is 0 Å². The highest BCUT2D eigenvalue weighted by Crippen LogP contribution is 2.39. The molecule has 6 nitrogen and oxygen atoms in total. The first-order valence-corrected chi connectivity index (χ1v) is 12.1. The van der Waals surface area contributed by atoms with Gasteiger partial charge in [0.25, 0.3) is 0 Å². The fourth-order valence-electron chi connectivity index (χ4n) is 5.52. The summed E-state index contributed by atoms with van der Waals surface area (Å²) in [5, 5.41) is 4.53. The van der Waals surface area contributed by atoms with Crippen LogP contribution in [0.15, 0.2) is 48.8 Å². The first-order valence-electron chi connectivity index (χ1n) is 12.1. The fraction of sp³-hybridized carbons (Fsp3) is 0.321. The molecular weight excluding hydrogens is 420 g/mol. The number of rotatable bonds is 4. The number of aromatic nitrogens is 5. The predicted octanol–water partition coefficient (Wildman–Crippen LogP) is 5.30. The highest BCUT2D eigenvalue weighted by atomic mass is 15.2. The molecule has 0 radical (unpaired) electrons. The quantitative estimate of drug-likeness (QED) is 0.458. The number of aromatic amines is 1. The summed E-state index contributed by atoms with van der Waals surface area (Å²) in [7, 11) is 1.98. The molecule has 3 aromatic heterocycles. The Labute approximate surface area is 200 Å². The van der Waals surface area contributed by atoms with Crippen molar-refractivity contribution in [2.24, 2.45) is 7.05 Å². The number of imidazole rings is 1. The zero-order valence-electron chi connectivity index (χ0n) is 20.0. The van der Waals surface area contributed by atoms with Crippen molar-refractivity contribution in [3.8, 4) is 11.3 Å². The SMILES string of the molecule is Cc1nn(C)cc1C1=Cc2c(N3CCC(c4nc(-c5ccccc5)c(C)[nH]4)CC3)ccnc2C1. The van der Waals surface area contributed by atoms with Gasteiger partial charge in [-0.3, -0.25) is 9.67 Å². The number of benzene rings is 1. The number of hydrogen-bond donors (Lipinski definition) is 1. The number of H-pyrrole nitrogens is 1. The Balaban J connectivity index is 1.21. The number of fused-ring (bicyclic) bond motifs is 1. The molecule has 4 aromatic rings. The van der Waals surface area contributed by atoms with E-state index in [-0.39, 0.29) is 0 Å². The van der Waals surface area contributed by atoms with Gasteiger partial charge in [-0.1, -0.05) is 30.3 Å². The van der Waals surface area contributed by atoms with Gasteiger partial charge < -0.3 is 9.88 Å². The molecule has 1 N–H and O–H groups in total. The van der Waals surface area contributed by atoms with Crippen LogP contribution in [0.3, 0.4) is 0 Å². The van der Waals surface area contributed by atoms with E-state index in [1.54, 1.807) is 0 Å². The minimum absolute atomic E-state index is 0.464. The average molecular weight is 451 g/mol. The zero-order chi connectivity index (χ0) is 23.2. The van der Waals surface area contributed by atoms with E-state index < -0.39 is 0 Å².